The molecule has 1 N–H and O–H groups in total. The zero-order valence-corrected chi connectivity index (χ0v) is 20.9. The van der Waals surface area contributed by atoms with Gasteiger partial charge in [-0.05, 0) is 47.9 Å². The van der Waals surface area contributed by atoms with Gasteiger partial charge in [0.05, 0.1) is 23.8 Å². The van der Waals surface area contributed by atoms with Gasteiger partial charge in [0.15, 0.2) is 0 Å². The van der Waals surface area contributed by atoms with Gasteiger partial charge in [0.1, 0.15) is 5.75 Å². The Labute approximate surface area is 219 Å². The summed E-state index contributed by atoms with van der Waals surface area (Å²) in [5.41, 5.74) is 3.60. The third-order valence-electron chi connectivity index (χ3n) is 5.07. The fourth-order valence-corrected chi connectivity index (χ4v) is 3.48. The number of rotatable bonds is 7. The van der Waals surface area contributed by atoms with Gasteiger partial charge in [-0.3, -0.25) is 9.78 Å². The average molecular weight is 460 g/mol. The molecule has 7 heteroatoms. The van der Waals surface area contributed by atoms with Crippen molar-refractivity contribution in [1.29, 1.82) is 0 Å². The van der Waals surface area contributed by atoms with Crippen LogP contribution >= 0.6 is 0 Å². The number of nitrogens with one attached hydrogen (secondary N) is 1. The van der Waals surface area contributed by atoms with Gasteiger partial charge in [0.25, 0.3) is 5.91 Å². The smallest absolute Gasteiger partial charge is 0.545 e. The largest absolute Gasteiger partial charge is 1.00 e. The van der Waals surface area contributed by atoms with E-state index in [1.165, 1.54) is 12.3 Å². The third-order valence-corrected chi connectivity index (χ3v) is 5.07. The van der Waals surface area contributed by atoms with Crippen LogP contribution in [-0.2, 0) is 0 Å². The van der Waals surface area contributed by atoms with E-state index in [2.05, 4.69) is 10.3 Å². The molecule has 6 nitrogen and oxygen atoms in total. The van der Waals surface area contributed by atoms with Gasteiger partial charge in [0.2, 0.25) is 0 Å². The predicted octanol–water partition coefficient (Wildman–Crippen LogP) is 1.43. The maximum Gasteiger partial charge on any atom is 1.00 e. The van der Waals surface area contributed by atoms with Crippen molar-refractivity contribution in [2.45, 2.75) is 6.92 Å². The number of aromatic nitrogens is 1. The Morgan fingerprint density at radius 2 is 1.59 bits per heavy atom. The first-order valence-electron chi connectivity index (χ1n) is 10.5. The molecule has 0 saturated carbocycles. The summed E-state index contributed by atoms with van der Waals surface area (Å²) >= 11 is 0. The molecular formula is C27H21N2NaO4. The molecule has 0 aliphatic rings. The molecule has 164 valence electrons. The number of hydrogen-bond acceptors (Lipinski definition) is 5. The molecule has 1 amide bonds. The van der Waals surface area contributed by atoms with Gasteiger partial charge in [0, 0.05) is 23.5 Å². The van der Waals surface area contributed by atoms with Gasteiger partial charge >= 0.3 is 29.6 Å². The van der Waals surface area contributed by atoms with Crippen molar-refractivity contribution in [3.05, 3.63) is 102 Å². The number of ether oxygens (including phenoxy) is 1. The van der Waals surface area contributed by atoms with Crippen LogP contribution in [-0.4, -0.2) is 23.5 Å². The minimum absolute atomic E-state index is 0. The molecule has 3 aromatic carbocycles. The van der Waals surface area contributed by atoms with E-state index in [0.29, 0.717) is 17.9 Å². The van der Waals surface area contributed by atoms with E-state index in [9.17, 15) is 14.7 Å². The number of aromatic carboxylic acids is 1. The number of carbonyl (C=O) groups excluding carboxylic acids is 2. The number of nitrogens with zero attached hydrogens (tertiary/aromatic N) is 1. The van der Waals surface area contributed by atoms with E-state index in [1.807, 2.05) is 61.5 Å². The Balaban J connectivity index is 0.00000324. The second kappa shape index (κ2) is 11.6. The molecule has 0 bridgehead atoms. The van der Waals surface area contributed by atoms with E-state index in [-0.39, 0.29) is 40.8 Å². The first-order chi connectivity index (χ1) is 16.0. The first-order valence-corrected chi connectivity index (χ1v) is 10.5. The zero-order chi connectivity index (χ0) is 23.2. The molecular weight excluding hydrogens is 439 g/mol. The Bertz CT molecular complexity index is 1310. The van der Waals surface area contributed by atoms with Crippen LogP contribution in [0, 0.1) is 0 Å². The SMILES string of the molecule is CCOc1cccc(-c2ccc(C(=O)[O-])c(NC(=O)c3cncc(-c4ccccc4)c3)c2)c1.[Na+]. The average Bonchev–Trinajstić information content (AvgIpc) is 2.85. The van der Waals surface area contributed by atoms with Crippen LogP contribution < -0.4 is 44.7 Å². The number of hydrogen-bond donors (Lipinski definition) is 1. The van der Waals surface area contributed by atoms with Crippen molar-refractivity contribution < 1.29 is 49.0 Å². The molecule has 34 heavy (non-hydrogen) atoms. The number of amides is 1. The van der Waals surface area contributed by atoms with Crippen LogP contribution in [0.3, 0.4) is 0 Å². The monoisotopic (exact) mass is 460 g/mol. The van der Waals surface area contributed by atoms with Gasteiger partial charge < -0.3 is 20.0 Å². The second-order valence-electron chi connectivity index (χ2n) is 7.29. The van der Waals surface area contributed by atoms with Crippen LogP contribution in [0.25, 0.3) is 22.3 Å². The minimum Gasteiger partial charge on any atom is -0.545 e. The van der Waals surface area contributed by atoms with Crippen LogP contribution in [0.5, 0.6) is 5.75 Å². The van der Waals surface area contributed by atoms with E-state index in [4.69, 9.17) is 4.74 Å². The maximum absolute atomic E-state index is 13.0. The van der Waals surface area contributed by atoms with Crippen molar-refractivity contribution in [2.24, 2.45) is 0 Å². The van der Waals surface area contributed by atoms with Gasteiger partial charge in [-0.15, -0.1) is 0 Å². The quantitative estimate of drug-likeness (QED) is 0.422. The Morgan fingerprint density at radius 3 is 2.32 bits per heavy atom. The standard InChI is InChI=1S/C27H22N2O4.Na/c1-2-33-23-10-6-9-19(14-23)20-11-12-24(27(31)32)25(15-20)29-26(30)22-13-21(16-28-17-22)18-7-4-3-5-8-18;/h3-17H,2H2,1H3,(H,29,30)(H,31,32);/q;+1/p-1. The number of benzene rings is 3. The molecule has 0 fully saturated rings. The van der Waals surface area contributed by atoms with Crippen LogP contribution in [0.15, 0.2) is 91.3 Å². The van der Waals surface area contributed by atoms with E-state index in [1.54, 1.807) is 24.4 Å². The van der Waals surface area contributed by atoms with E-state index >= 15 is 0 Å². The van der Waals surface area contributed by atoms with Gasteiger partial charge in [-0.2, -0.15) is 0 Å². The third kappa shape index (κ3) is 5.91. The van der Waals surface area contributed by atoms with Gasteiger partial charge in [-0.1, -0.05) is 54.6 Å². The van der Waals surface area contributed by atoms with Crippen molar-refractivity contribution >= 4 is 17.6 Å². The fourth-order valence-electron chi connectivity index (χ4n) is 3.48. The van der Waals surface area contributed by atoms with Crippen LogP contribution in [0.4, 0.5) is 5.69 Å². The van der Waals surface area contributed by atoms with E-state index < -0.39 is 11.9 Å². The topological polar surface area (TPSA) is 91.4 Å². The normalized spacial score (nSPS) is 10.1. The molecule has 1 heterocycles. The molecule has 0 radical (unpaired) electrons. The Kier molecular flexibility index (Phi) is 8.60. The molecule has 0 spiro atoms. The van der Waals surface area contributed by atoms with Crippen molar-refractivity contribution in [2.75, 3.05) is 11.9 Å². The molecule has 0 atom stereocenters. The molecule has 0 unspecified atom stereocenters. The molecule has 0 aliphatic heterocycles. The summed E-state index contributed by atoms with van der Waals surface area (Å²) in [5.74, 6) is -1.15. The molecule has 0 saturated heterocycles. The Hall–Kier alpha value is -3.45. The molecule has 0 aliphatic carbocycles. The summed E-state index contributed by atoms with van der Waals surface area (Å²) in [6.07, 6.45) is 3.11. The Morgan fingerprint density at radius 1 is 0.853 bits per heavy atom. The summed E-state index contributed by atoms with van der Waals surface area (Å²) in [6, 6.07) is 23.4. The number of pyridine rings is 1. The molecule has 1 aromatic heterocycles. The van der Waals surface area contributed by atoms with Crippen LogP contribution in [0.1, 0.15) is 27.6 Å². The van der Waals surface area contributed by atoms with Crippen molar-refractivity contribution in [1.82, 2.24) is 4.98 Å². The van der Waals surface area contributed by atoms with Gasteiger partial charge in [-0.25, -0.2) is 0 Å². The number of carboxylic acids is 1. The molecule has 4 rings (SSSR count). The summed E-state index contributed by atoms with van der Waals surface area (Å²) in [4.78, 5) is 28.8. The second-order valence-corrected chi connectivity index (χ2v) is 7.29. The predicted molar refractivity (Wildman–Crippen MR) is 125 cm³/mol. The summed E-state index contributed by atoms with van der Waals surface area (Å²) in [5, 5.41) is 14.4. The number of carbonyl (C=O) groups is 2. The van der Waals surface area contributed by atoms with E-state index in [0.717, 1.165) is 22.3 Å². The summed E-state index contributed by atoms with van der Waals surface area (Å²) in [6.45, 7) is 2.43. The first kappa shape index (κ1) is 25.2. The molecule has 4 aromatic rings. The van der Waals surface area contributed by atoms with Crippen LogP contribution in [0.2, 0.25) is 0 Å². The zero-order valence-electron chi connectivity index (χ0n) is 18.9. The maximum atomic E-state index is 13.0. The number of carboxylic acid groups (broad SMARTS) is 1. The summed E-state index contributed by atoms with van der Waals surface area (Å²) in [7, 11) is 0. The fraction of sp³-hybridized carbons (Fsp3) is 0.0741. The number of anilines is 1. The van der Waals surface area contributed by atoms with Crippen molar-refractivity contribution in [3.8, 4) is 28.0 Å². The summed E-state index contributed by atoms with van der Waals surface area (Å²) < 4.78 is 5.55. The minimum atomic E-state index is -1.38. The van der Waals surface area contributed by atoms with Crippen molar-refractivity contribution in [3.63, 3.8) is 0 Å².